The van der Waals surface area contributed by atoms with E-state index >= 15 is 0 Å². The molecule has 2 bridgehead atoms. The molecule has 2 atom stereocenters. The molecule has 1 amide bonds. The number of likely N-dealkylation sites (tertiary alicyclic amines) is 1. The van der Waals surface area contributed by atoms with Crippen LogP contribution in [0.25, 0.3) is 0 Å². The maximum absolute atomic E-state index is 12.8. The van der Waals surface area contributed by atoms with Gasteiger partial charge >= 0.3 is 0 Å². The zero-order valence-corrected chi connectivity index (χ0v) is 14.5. The Morgan fingerprint density at radius 3 is 2.84 bits per heavy atom. The summed E-state index contributed by atoms with van der Waals surface area (Å²) in [5.74, 6) is 0.930. The highest BCUT2D eigenvalue weighted by atomic mass is 16.5. The Balaban J connectivity index is 1.42. The summed E-state index contributed by atoms with van der Waals surface area (Å²) in [5, 5.41) is 7.98. The van der Waals surface area contributed by atoms with Gasteiger partial charge < -0.3 is 15.0 Å². The number of carbonyl (C=O) groups excluding carboxylic acids is 1. The maximum Gasteiger partial charge on any atom is 0.257 e. The lowest BCUT2D eigenvalue weighted by Gasteiger charge is -2.23. The van der Waals surface area contributed by atoms with Gasteiger partial charge in [0.15, 0.2) is 0 Å². The topological polar surface area (TPSA) is 59.4 Å². The summed E-state index contributed by atoms with van der Waals surface area (Å²) in [4.78, 5) is 14.8. The molecule has 25 heavy (non-hydrogen) atoms. The number of amides is 1. The van der Waals surface area contributed by atoms with Crippen LogP contribution in [-0.4, -0.2) is 52.9 Å². The van der Waals surface area contributed by atoms with Crippen molar-refractivity contribution in [1.29, 1.82) is 0 Å². The smallest absolute Gasteiger partial charge is 0.257 e. The van der Waals surface area contributed by atoms with Crippen LogP contribution in [0.5, 0.6) is 5.75 Å². The minimum absolute atomic E-state index is 0.0929. The Bertz CT molecular complexity index is 740. The van der Waals surface area contributed by atoms with Gasteiger partial charge in [0.2, 0.25) is 0 Å². The van der Waals surface area contributed by atoms with Crippen molar-refractivity contribution in [2.45, 2.75) is 37.9 Å². The molecule has 2 saturated heterocycles. The van der Waals surface area contributed by atoms with Crippen LogP contribution in [0.2, 0.25) is 0 Å². The number of rotatable bonds is 4. The van der Waals surface area contributed by atoms with Crippen LogP contribution in [-0.2, 0) is 6.54 Å². The highest BCUT2D eigenvalue weighted by Gasteiger charge is 2.31. The molecule has 6 nitrogen and oxygen atoms in total. The lowest BCUT2D eigenvalue weighted by atomic mass is 10.1. The van der Waals surface area contributed by atoms with Gasteiger partial charge in [0.05, 0.1) is 25.4 Å². The van der Waals surface area contributed by atoms with Crippen molar-refractivity contribution in [2.75, 3.05) is 20.2 Å². The Kier molecular flexibility index (Phi) is 4.44. The standard InChI is InChI=1S/C19H24N4O2/c1-25-18-6-2-14(3-7-18)11-23-12-15(10-20-23)19(24)22-9-8-16-4-5-17(13-22)21-16/h2-3,6-7,10,12,16-17,21H,4-5,8-9,11,13H2,1H3. The van der Waals surface area contributed by atoms with Gasteiger partial charge in [0.1, 0.15) is 5.75 Å². The van der Waals surface area contributed by atoms with Gasteiger partial charge in [-0.1, -0.05) is 12.1 Å². The molecule has 0 spiro atoms. The van der Waals surface area contributed by atoms with Crippen molar-refractivity contribution < 1.29 is 9.53 Å². The molecule has 0 radical (unpaired) electrons. The average Bonchev–Trinajstić information content (AvgIpc) is 3.21. The van der Waals surface area contributed by atoms with Crippen LogP contribution in [0.15, 0.2) is 36.7 Å². The summed E-state index contributed by atoms with van der Waals surface area (Å²) in [5.41, 5.74) is 1.80. The van der Waals surface area contributed by atoms with E-state index in [0.717, 1.165) is 30.8 Å². The fourth-order valence-electron chi connectivity index (χ4n) is 3.79. The molecule has 2 aliphatic rings. The first-order valence-corrected chi connectivity index (χ1v) is 8.92. The third-order valence-corrected chi connectivity index (χ3v) is 5.19. The minimum atomic E-state index is 0.0929. The molecule has 2 aliphatic heterocycles. The second-order valence-corrected chi connectivity index (χ2v) is 6.95. The third kappa shape index (κ3) is 3.54. The Morgan fingerprint density at radius 2 is 2.04 bits per heavy atom. The van der Waals surface area contributed by atoms with Gasteiger partial charge in [-0.05, 0) is 37.0 Å². The van der Waals surface area contributed by atoms with Crippen molar-refractivity contribution in [1.82, 2.24) is 20.0 Å². The summed E-state index contributed by atoms with van der Waals surface area (Å²) < 4.78 is 6.99. The van der Waals surface area contributed by atoms with Crippen LogP contribution in [0.3, 0.4) is 0 Å². The van der Waals surface area contributed by atoms with Crippen molar-refractivity contribution in [2.24, 2.45) is 0 Å². The molecule has 6 heteroatoms. The molecular formula is C19H24N4O2. The summed E-state index contributed by atoms with van der Waals surface area (Å²) in [6.07, 6.45) is 6.99. The van der Waals surface area contributed by atoms with Gasteiger partial charge in [-0.25, -0.2) is 0 Å². The minimum Gasteiger partial charge on any atom is -0.497 e. The molecule has 4 rings (SSSR count). The first-order valence-electron chi connectivity index (χ1n) is 8.92. The van der Waals surface area contributed by atoms with Gasteiger partial charge in [0.25, 0.3) is 5.91 Å². The fourth-order valence-corrected chi connectivity index (χ4v) is 3.79. The zero-order valence-electron chi connectivity index (χ0n) is 14.5. The van der Waals surface area contributed by atoms with E-state index in [2.05, 4.69) is 10.4 Å². The Morgan fingerprint density at radius 1 is 1.24 bits per heavy atom. The number of benzene rings is 1. The number of nitrogens with zero attached hydrogens (tertiary/aromatic N) is 3. The summed E-state index contributed by atoms with van der Waals surface area (Å²) in [6, 6.07) is 8.93. The van der Waals surface area contributed by atoms with Crippen molar-refractivity contribution >= 4 is 5.91 Å². The molecule has 1 aromatic heterocycles. The van der Waals surface area contributed by atoms with E-state index in [1.807, 2.05) is 40.0 Å². The normalized spacial score (nSPS) is 22.7. The number of hydrogen-bond donors (Lipinski definition) is 1. The number of aromatic nitrogens is 2. The van der Waals surface area contributed by atoms with Crippen molar-refractivity contribution in [3.8, 4) is 5.75 Å². The predicted molar refractivity (Wildman–Crippen MR) is 94.8 cm³/mol. The predicted octanol–water partition coefficient (Wildman–Crippen LogP) is 1.91. The second kappa shape index (κ2) is 6.88. The monoisotopic (exact) mass is 340 g/mol. The molecule has 3 heterocycles. The number of methoxy groups -OCH3 is 1. The number of hydrogen-bond acceptors (Lipinski definition) is 4. The van der Waals surface area contributed by atoms with Gasteiger partial charge in [-0.3, -0.25) is 9.48 Å². The molecule has 2 fully saturated rings. The largest absolute Gasteiger partial charge is 0.497 e. The molecule has 0 aliphatic carbocycles. The summed E-state index contributed by atoms with van der Waals surface area (Å²) >= 11 is 0. The lowest BCUT2D eigenvalue weighted by molar-refractivity contribution is 0.0748. The number of nitrogens with one attached hydrogen (secondary N) is 1. The number of fused-ring (bicyclic) bond motifs is 2. The lowest BCUT2D eigenvalue weighted by Crippen LogP contribution is -2.38. The van der Waals surface area contributed by atoms with Crippen LogP contribution >= 0.6 is 0 Å². The van der Waals surface area contributed by atoms with E-state index in [1.54, 1.807) is 13.3 Å². The molecule has 0 saturated carbocycles. The second-order valence-electron chi connectivity index (χ2n) is 6.95. The van der Waals surface area contributed by atoms with Crippen molar-refractivity contribution in [3.63, 3.8) is 0 Å². The molecular weight excluding hydrogens is 316 g/mol. The van der Waals surface area contributed by atoms with E-state index < -0.39 is 0 Å². The highest BCUT2D eigenvalue weighted by molar-refractivity contribution is 5.93. The van der Waals surface area contributed by atoms with Gasteiger partial charge in [-0.2, -0.15) is 5.10 Å². The summed E-state index contributed by atoms with van der Waals surface area (Å²) in [6.45, 7) is 2.28. The molecule has 1 aromatic carbocycles. The molecule has 1 N–H and O–H groups in total. The van der Waals surface area contributed by atoms with Crippen LogP contribution in [0.1, 0.15) is 35.2 Å². The quantitative estimate of drug-likeness (QED) is 0.924. The zero-order chi connectivity index (χ0) is 17.2. The van der Waals surface area contributed by atoms with Crippen molar-refractivity contribution in [3.05, 3.63) is 47.8 Å². The third-order valence-electron chi connectivity index (χ3n) is 5.19. The van der Waals surface area contributed by atoms with E-state index in [4.69, 9.17) is 4.74 Å². The van der Waals surface area contributed by atoms with E-state index in [0.29, 0.717) is 24.2 Å². The fraction of sp³-hybridized carbons (Fsp3) is 0.474. The van der Waals surface area contributed by atoms with Crippen LogP contribution in [0.4, 0.5) is 0 Å². The first-order chi connectivity index (χ1) is 12.2. The van der Waals surface area contributed by atoms with Gasteiger partial charge in [0, 0.05) is 31.4 Å². The highest BCUT2D eigenvalue weighted by Crippen LogP contribution is 2.21. The maximum atomic E-state index is 12.8. The average molecular weight is 340 g/mol. The first kappa shape index (κ1) is 16.1. The Labute approximate surface area is 147 Å². The van der Waals surface area contributed by atoms with E-state index in [1.165, 1.54) is 12.8 Å². The van der Waals surface area contributed by atoms with Crippen LogP contribution in [0, 0.1) is 0 Å². The van der Waals surface area contributed by atoms with E-state index in [9.17, 15) is 4.79 Å². The number of ether oxygens (including phenoxy) is 1. The van der Waals surface area contributed by atoms with Crippen LogP contribution < -0.4 is 10.1 Å². The van der Waals surface area contributed by atoms with E-state index in [-0.39, 0.29) is 5.91 Å². The molecule has 2 unspecified atom stereocenters. The SMILES string of the molecule is COc1ccc(Cn2cc(C(=O)N3CCC4CCC(C3)N4)cn2)cc1. The molecule has 2 aromatic rings. The Hall–Kier alpha value is -2.34. The molecule has 132 valence electrons. The number of carbonyl (C=O) groups is 1. The van der Waals surface area contributed by atoms with Gasteiger partial charge in [-0.15, -0.1) is 0 Å². The summed E-state index contributed by atoms with van der Waals surface area (Å²) in [7, 11) is 1.66.